The molecule has 1 aromatic rings. The zero-order chi connectivity index (χ0) is 12.7. The number of nitrogens with one attached hydrogen (secondary N) is 1. The van der Waals surface area contributed by atoms with Crippen LogP contribution in [0.15, 0.2) is 36.7 Å². The van der Waals surface area contributed by atoms with E-state index < -0.39 is 5.97 Å². The number of esters is 1. The van der Waals surface area contributed by atoms with E-state index in [0.29, 0.717) is 6.54 Å². The largest absolute Gasteiger partial charge is 0.469 e. The molecule has 0 atom stereocenters. The second kappa shape index (κ2) is 6.42. The molecule has 0 saturated carbocycles. The van der Waals surface area contributed by atoms with Crippen LogP contribution in [0.1, 0.15) is 12.0 Å². The molecule has 1 rings (SSSR count). The van der Waals surface area contributed by atoms with Gasteiger partial charge in [0.25, 0.3) is 0 Å². The number of aromatic nitrogens is 1. The lowest BCUT2D eigenvalue weighted by Crippen LogP contribution is -2.25. The molecule has 0 aliphatic rings. The average Bonchev–Trinajstić information content (AvgIpc) is 2.36. The quantitative estimate of drug-likeness (QED) is 0.605. The molecule has 0 radical (unpaired) electrons. The molecule has 1 amide bonds. The molecule has 0 aromatic carbocycles. The molecule has 1 aromatic heterocycles. The molecule has 0 aliphatic heterocycles. The van der Waals surface area contributed by atoms with Gasteiger partial charge in [0, 0.05) is 24.5 Å². The Hall–Kier alpha value is -2.17. The molecule has 1 heterocycles. The van der Waals surface area contributed by atoms with Gasteiger partial charge in [0.05, 0.1) is 13.5 Å². The second-order valence-electron chi connectivity index (χ2n) is 3.40. The molecule has 0 aliphatic carbocycles. The van der Waals surface area contributed by atoms with Gasteiger partial charge >= 0.3 is 5.97 Å². The highest BCUT2D eigenvalue weighted by atomic mass is 16.5. The number of hydrogen-bond donors (Lipinski definition) is 1. The fourth-order valence-corrected chi connectivity index (χ4v) is 1.14. The highest BCUT2D eigenvalue weighted by Crippen LogP contribution is 2.01. The summed E-state index contributed by atoms with van der Waals surface area (Å²) in [5.41, 5.74) is 1.06. The Morgan fingerprint density at radius 2 is 2.29 bits per heavy atom. The Labute approximate surface area is 99.5 Å². The molecule has 90 valence electrons. The fraction of sp³-hybridized carbons (Fsp3) is 0.250. The number of methoxy groups -OCH3 is 1. The van der Waals surface area contributed by atoms with E-state index in [0.717, 1.165) is 5.56 Å². The van der Waals surface area contributed by atoms with Crippen LogP contribution >= 0.6 is 0 Å². The lowest BCUT2D eigenvalue weighted by Gasteiger charge is -2.06. The van der Waals surface area contributed by atoms with E-state index in [2.05, 4.69) is 21.6 Å². The van der Waals surface area contributed by atoms with E-state index in [9.17, 15) is 9.59 Å². The molecule has 0 saturated heterocycles. The Bertz CT molecular complexity index is 415. The smallest absolute Gasteiger partial charge is 0.310 e. The van der Waals surface area contributed by atoms with E-state index in [4.69, 9.17) is 0 Å². The number of rotatable bonds is 5. The number of carbonyl (C=O) groups excluding carboxylic acids is 2. The first-order valence-electron chi connectivity index (χ1n) is 5.05. The van der Waals surface area contributed by atoms with Crippen LogP contribution in [0.2, 0.25) is 0 Å². The third kappa shape index (κ3) is 4.46. The van der Waals surface area contributed by atoms with Crippen LogP contribution < -0.4 is 5.32 Å². The number of carbonyl (C=O) groups is 2. The summed E-state index contributed by atoms with van der Waals surface area (Å²) < 4.78 is 4.44. The van der Waals surface area contributed by atoms with E-state index in [1.807, 2.05) is 6.07 Å². The monoisotopic (exact) mass is 234 g/mol. The van der Waals surface area contributed by atoms with Crippen LogP contribution in [-0.4, -0.2) is 24.0 Å². The van der Waals surface area contributed by atoms with Crippen LogP contribution in [0.5, 0.6) is 0 Å². The lowest BCUT2D eigenvalue weighted by molar-refractivity contribution is -0.140. The standard InChI is InChI=1S/C12H14N2O3/c1-9(6-11(15)17-2)12(16)14-8-10-4-3-5-13-7-10/h3-5,7H,1,6,8H2,2H3,(H,14,16). The summed E-state index contributed by atoms with van der Waals surface area (Å²) in [7, 11) is 1.27. The first-order chi connectivity index (χ1) is 8.13. The minimum absolute atomic E-state index is 0.102. The van der Waals surface area contributed by atoms with Crippen molar-refractivity contribution in [3.05, 3.63) is 42.2 Å². The average molecular weight is 234 g/mol. The van der Waals surface area contributed by atoms with Gasteiger partial charge < -0.3 is 10.1 Å². The summed E-state index contributed by atoms with van der Waals surface area (Å²) in [5, 5.41) is 2.64. The Morgan fingerprint density at radius 1 is 1.53 bits per heavy atom. The predicted octanol–water partition coefficient (Wildman–Crippen LogP) is 0.817. The highest BCUT2D eigenvalue weighted by molar-refractivity contribution is 5.96. The number of nitrogens with zero attached hydrogens (tertiary/aromatic N) is 1. The summed E-state index contributed by atoms with van der Waals surface area (Å²) in [5.74, 6) is -0.842. The van der Waals surface area contributed by atoms with Gasteiger partial charge in [-0.25, -0.2) is 0 Å². The summed E-state index contributed by atoms with van der Waals surface area (Å²) in [6, 6.07) is 3.63. The number of hydrogen-bond acceptors (Lipinski definition) is 4. The van der Waals surface area contributed by atoms with Crippen LogP contribution in [0.3, 0.4) is 0 Å². The van der Waals surface area contributed by atoms with Crippen molar-refractivity contribution in [3.8, 4) is 0 Å². The first kappa shape index (κ1) is 12.9. The van der Waals surface area contributed by atoms with Gasteiger partial charge in [-0.2, -0.15) is 0 Å². The molecule has 0 fully saturated rings. The second-order valence-corrected chi connectivity index (χ2v) is 3.40. The molecular weight excluding hydrogens is 220 g/mol. The summed E-state index contributed by atoms with van der Waals surface area (Å²) in [4.78, 5) is 26.4. The maximum atomic E-state index is 11.5. The van der Waals surface area contributed by atoms with Gasteiger partial charge in [0.1, 0.15) is 0 Å². The fourth-order valence-electron chi connectivity index (χ4n) is 1.14. The maximum absolute atomic E-state index is 11.5. The predicted molar refractivity (Wildman–Crippen MR) is 61.9 cm³/mol. The van der Waals surface area contributed by atoms with Gasteiger partial charge in [-0.1, -0.05) is 12.6 Å². The van der Waals surface area contributed by atoms with Crippen molar-refractivity contribution in [2.75, 3.05) is 7.11 Å². The molecule has 0 unspecified atom stereocenters. The molecule has 1 N–H and O–H groups in total. The zero-order valence-corrected chi connectivity index (χ0v) is 9.60. The van der Waals surface area contributed by atoms with Crippen molar-refractivity contribution in [3.63, 3.8) is 0 Å². The Kier molecular flexibility index (Phi) is 4.87. The molecule has 5 nitrogen and oxygen atoms in total. The molecule has 17 heavy (non-hydrogen) atoms. The van der Waals surface area contributed by atoms with Crippen molar-refractivity contribution >= 4 is 11.9 Å². The lowest BCUT2D eigenvalue weighted by atomic mass is 10.2. The number of ether oxygens (including phenoxy) is 1. The van der Waals surface area contributed by atoms with Crippen LogP contribution in [0.25, 0.3) is 0 Å². The Balaban J connectivity index is 2.40. The third-order valence-corrected chi connectivity index (χ3v) is 2.08. The van der Waals surface area contributed by atoms with Crippen molar-refractivity contribution in [2.45, 2.75) is 13.0 Å². The van der Waals surface area contributed by atoms with E-state index in [-0.39, 0.29) is 17.9 Å². The van der Waals surface area contributed by atoms with E-state index in [1.165, 1.54) is 7.11 Å². The van der Waals surface area contributed by atoms with Crippen LogP contribution in [0.4, 0.5) is 0 Å². The van der Waals surface area contributed by atoms with Crippen molar-refractivity contribution in [1.29, 1.82) is 0 Å². The third-order valence-electron chi connectivity index (χ3n) is 2.08. The van der Waals surface area contributed by atoms with Gasteiger partial charge in [0.15, 0.2) is 0 Å². The summed E-state index contributed by atoms with van der Waals surface area (Å²) in [6.07, 6.45) is 3.21. The van der Waals surface area contributed by atoms with Crippen LogP contribution in [-0.2, 0) is 20.9 Å². The normalized spacial score (nSPS) is 9.47. The van der Waals surface area contributed by atoms with Gasteiger partial charge in [-0.3, -0.25) is 14.6 Å². The maximum Gasteiger partial charge on any atom is 0.310 e. The summed E-state index contributed by atoms with van der Waals surface area (Å²) in [6.45, 7) is 3.88. The van der Waals surface area contributed by atoms with E-state index in [1.54, 1.807) is 18.5 Å². The van der Waals surface area contributed by atoms with Gasteiger partial charge in [0.2, 0.25) is 5.91 Å². The summed E-state index contributed by atoms with van der Waals surface area (Å²) >= 11 is 0. The Morgan fingerprint density at radius 3 is 2.88 bits per heavy atom. The molecular formula is C12H14N2O3. The van der Waals surface area contributed by atoms with Gasteiger partial charge in [-0.05, 0) is 11.6 Å². The van der Waals surface area contributed by atoms with Crippen LogP contribution in [0, 0.1) is 0 Å². The first-order valence-corrected chi connectivity index (χ1v) is 5.05. The molecule has 0 bridgehead atoms. The van der Waals surface area contributed by atoms with Crippen molar-refractivity contribution in [1.82, 2.24) is 10.3 Å². The van der Waals surface area contributed by atoms with E-state index >= 15 is 0 Å². The minimum atomic E-state index is -0.480. The zero-order valence-electron chi connectivity index (χ0n) is 9.60. The number of pyridine rings is 1. The highest BCUT2D eigenvalue weighted by Gasteiger charge is 2.11. The minimum Gasteiger partial charge on any atom is -0.469 e. The SMILES string of the molecule is C=C(CC(=O)OC)C(=O)NCc1cccnc1. The molecule has 0 spiro atoms. The topological polar surface area (TPSA) is 68.3 Å². The number of amides is 1. The van der Waals surface area contributed by atoms with Crippen molar-refractivity contribution < 1.29 is 14.3 Å². The molecule has 5 heteroatoms. The van der Waals surface area contributed by atoms with Gasteiger partial charge in [-0.15, -0.1) is 0 Å². The van der Waals surface area contributed by atoms with Crippen molar-refractivity contribution in [2.24, 2.45) is 0 Å².